The van der Waals surface area contributed by atoms with Crippen molar-refractivity contribution in [3.05, 3.63) is 106 Å². The van der Waals surface area contributed by atoms with Crippen LogP contribution in [0.2, 0.25) is 0 Å². The Labute approximate surface area is 246 Å². The summed E-state index contributed by atoms with van der Waals surface area (Å²) in [5.74, 6) is -1.33. The maximum atomic E-state index is 14.3. The van der Waals surface area contributed by atoms with Crippen LogP contribution in [-0.2, 0) is 19.7 Å². The zero-order chi connectivity index (χ0) is 29.0. The smallest absolute Gasteiger partial charge is 0.338 e. The standard InChI is InChI=1S/C29H21N5O6S2/c1-32-23-22(35)33-26-28(18-7-3-5-9-21(18)31-26,19-14-30-20-8-4-2-6-17(19)20)25(29(33,27(32)37)42-41-23)40-24(36)15-10-12-16(13-11-15)34(38)39/h2-14,23,25-26,30-31H,1H3/t23-,25-,26+,28+,29-/m0/s1. The number of non-ortho nitro benzene ring substituents is 1. The molecule has 4 saturated heterocycles. The number of fused-ring (bicyclic) bond motifs is 6. The molecule has 210 valence electrons. The number of carbonyl (C=O) groups excluding carboxylic acids is 3. The van der Waals surface area contributed by atoms with Gasteiger partial charge in [-0.2, -0.15) is 0 Å². The number of H-pyrrole nitrogens is 1. The van der Waals surface area contributed by atoms with Crippen molar-refractivity contribution in [2.24, 2.45) is 0 Å². The van der Waals surface area contributed by atoms with Crippen molar-refractivity contribution in [3.8, 4) is 0 Å². The van der Waals surface area contributed by atoms with E-state index in [2.05, 4.69) is 10.3 Å². The lowest BCUT2D eigenvalue weighted by Crippen LogP contribution is -2.73. The predicted molar refractivity (Wildman–Crippen MR) is 157 cm³/mol. The first kappa shape index (κ1) is 25.2. The van der Waals surface area contributed by atoms with E-state index in [1.165, 1.54) is 50.8 Å². The number of amides is 2. The minimum absolute atomic E-state index is 0.0922. The average Bonchev–Trinajstić information content (AvgIpc) is 3.64. The van der Waals surface area contributed by atoms with Gasteiger partial charge in [0.05, 0.1) is 10.5 Å². The van der Waals surface area contributed by atoms with Gasteiger partial charge in [0.1, 0.15) is 11.6 Å². The van der Waals surface area contributed by atoms with Crippen molar-refractivity contribution < 1.29 is 24.0 Å². The van der Waals surface area contributed by atoms with Crippen molar-refractivity contribution in [1.29, 1.82) is 0 Å². The number of anilines is 1. The summed E-state index contributed by atoms with van der Waals surface area (Å²) in [6.45, 7) is 0. The van der Waals surface area contributed by atoms with Gasteiger partial charge in [-0.15, -0.1) is 0 Å². The lowest BCUT2D eigenvalue weighted by molar-refractivity contribution is -0.384. The molecule has 1 aromatic heterocycles. The number of nitrogens with zero attached hydrogens (tertiary/aromatic N) is 3. The van der Waals surface area contributed by atoms with E-state index in [1.54, 1.807) is 11.9 Å². The Kier molecular flexibility index (Phi) is 5.12. The number of piperazine rings is 1. The van der Waals surface area contributed by atoms with Gasteiger partial charge in [0.25, 0.3) is 17.5 Å². The number of hydrogen-bond acceptors (Lipinski definition) is 9. The van der Waals surface area contributed by atoms with E-state index in [0.717, 1.165) is 27.7 Å². The fourth-order valence-corrected chi connectivity index (χ4v) is 10.5. The van der Waals surface area contributed by atoms with Gasteiger partial charge in [-0.3, -0.25) is 24.6 Å². The Morgan fingerprint density at radius 3 is 2.55 bits per heavy atom. The van der Waals surface area contributed by atoms with E-state index in [-0.39, 0.29) is 23.1 Å². The highest BCUT2D eigenvalue weighted by Crippen LogP contribution is 2.68. The van der Waals surface area contributed by atoms with Gasteiger partial charge in [0.2, 0.25) is 4.87 Å². The maximum Gasteiger partial charge on any atom is 0.338 e. The van der Waals surface area contributed by atoms with Gasteiger partial charge in [0, 0.05) is 42.0 Å². The largest absolute Gasteiger partial charge is 0.453 e. The molecule has 42 heavy (non-hydrogen) atoms. The molecule has 6 heterocycles. The van der Waals surface area contributed by atoms with Gasteiger partial charge in [-0.05, 0) is 46.2 Å². The predicted octanol–water partition coefficient (Wildman–Crippen LogP) is 4.07. The highest BCUT2D eigenvalue weighted by Gasteiger charge is 2.81. The van der Waals surface area contributed by atoms with Crippen LogP contribution in [0.1, 0.15) is 21.5 Å². The van der Waals surface area contributed by atoms with Crippen molar-refractivity contribution in [1.82, 2.24) is 14.8 Å². The highest BCUT2D eigenvalue weighted by molar-refractivity contribution is 8.78. The lowest BCUT2D eigenvalue weighted by atomic mass is 9.70. The van der Waals surface area contributed by atoms with E-state index in [4.69, 9.17) is 4.74 Å². The van der Waals surface area contributed by atoms with Crippen LogP contribution in [-0.4, -0.2) is 67.1 Å². The number of para-hydroxylation sites is 2. The fraction of sp³-hybridized carbons (Fsp3) is 0.207. The summed E-state index contributed by atoms with van der Waals surface area (Å²) in [6.07, 6.45) is -0.0536. The quantitative estimate of drug-likeness (QED) is 0.154. The maximum absolute atomic E-state index is 14.3. The number of nitrogens with one attached hydrogen (secondary N) is 2. The molecule has 13 heteroatoms. The average molecular weight is 600 g/mol. The molecule has 0 aliphatic carbocycles. The second kappa shape index (κ2) is 8.52. The van der Waals surface area contributed by atoms with Gasteiger partial charge in [-0.1, -0.05) is 47.2 Å². The first-order valence-corrected chi connectivity index (χ1v) is 15.3. The van der Waals surface area contributed by atoms with Gasteiger partial charge in [-0.25, -0.2) is 4.79 Å². The van der Waals surface area contributed by atoms with E-state index in [0.29, 0.717) is 0 Å². The number of aromatic amines is 1. The number of hydrogen-bond donors (Lipinski definition) is 2. The van der Waals surface area contributed by atoms with E-state index < -0.39 is 38.8 Å². The van der Waals surface area contributed by atoms with Gasteiger partial charge < -0.3 is 19.9 Å². The third-order valence-electron chi connectivity index (χ3n) is 8.75. The fourth-order valence-electron chi connectivity index (χ4n) is 6.97. The summed E-state index contributed by atoms with van der Waals surface area (Å²) in [7, 11) is 4.12. The van der Waals surface area contributed by atoms with Crippen LogP contribution in [0.15, 0.2) is 79.0 Å². The molecule has 1 spiro atoms. The molecular weight excluding hydrogens is 578 g/mol. The Balaban J connectivity index is 1.40. The number of aromatic nitrogens is 1. The molecule has 5 aliphatic heterocycles. The summed E-state index contributed by atoms with van der Waals surface area (Å²) in [6, 6.07) is 20.5. The van der Waals surface area contributed by atoms with Crippen molar-refractivity contribution in [2.45, 2.75) is 27.9 Å². The molecule has 5 atom stereocenters. The van der Waals surface area contributed by atoms with Crippen LogP contribution >= 0.6 is 21.6 Å². The molecule has 3 aromatic carbocycles. The molecule has 5 aliphatic rings. The van der Waals surface area contributed by atoms with E-state index in [9.17, 15) is 24.5 Å². The molecule has 0 saturated carbocycles. The van der Waals surface area contributed by atoms with Crippen molar-refractivity contribution in [3.63, 3.8) is 0 Å². The molecule has 0 unspecified atom stereocenters. The molecule has 4 fully saturated rings. The normalized spacial score (nSPS) is 28.8. The second-order valence-corrected chi connectivity index (χ2v) is 13.2. The highest BCUT2D eigenvalue weighted by atomic mass is 33.1. The summed E-state index contributed by atoms with van der Waals surface area (Å²) in [5.41, 5.74) is 1.94. The SMILES string of the molecule is CN1C(=O)[C@]23SS[C@H]1C(=O)N2[C@H]1Nc2ccccc2[C@@]1(c1c[nH]c2ccccc12)[C@@H]3OC(=O)c1ccc([N+](=O)[O-])cc1. The molecule has 9 rings (SSSR count). The Morgan fingerprint density at radius 2 is 1.76 bits per heavy atom. The van der Waals surface area contributed by atoms with Crippen LogP contribution in [0, 0.1) is 10.1 Å². The van der Waals surface area contributed by atoms with E-state index >= 15 is 0 Å². The van der Waals surface area contributed by atoms with Crippen LogP contribution in [0.3, 0.4) is 0 Å². The van der Waals surface area contributed by atoms with Crippen molar-refractivity contribution >= 4 is 61.6 Å². The molecule has 2 bridgehead atoms. The number of likely N-dealkylation sites (N-methyl/N-ethyl adjacent to an activating group) is 1. The van der Waals surface area contributed by atoms with Crippen LogP contribution in [0.4, 0.5) is 11.4 Å². The minimum atomic E-state index is -1.58. The number of nitro benzene ring substituents is 1. The number of ether oxygens (including phenoxy) is 1. The molecule has 2 amide bonds. The summed E-state index contributed by atoms with van der Waals surface area (Å²) >= 11 is 0. The Hall–Kier alpha value is -4.49. The number of esters is 1. The molecule has 11 nitrogen and oxygen atoms in total. The second-order valence-electron chi connectivity index (χ2n) is 10.7. The molecular formula is C29H21N5O6S2. The number of carbonyl (C=O) groups is 3. The van der Waals surface area contributed by atoms with Gasteiger partial charge >= 0.3 is 5.97 Å². The van der Waals surface area contributed by atoms with Gasteiger partial charge in [0.15, 0.2) is 11.5 Å². The molecule has 0 radical (unpaired) electrons. The minimum Gasteiger partial charge on any atom is -0.453 e. The number of benzene rings is 3. The molecule has 2 N–H and O–H groups in total. The zero-order valence-corrected chi connectivity index (χ0v) is 23.5. The first-order chi connectivity index (χ1) is 20.3. The third kappa shape index (κ3) is 2.91. The topological polar surface area (TPSA) is 138 Å². The van der Waals surface area contributed by atoms with E-state index in [1.807, 2.05) is 54.7 Å². The zero-order valence-electron chi connectivity index (χ0n) is 21.8. The van der Waals surface area contributed by atoms with Crippen LogP contribution < -0.4 is 5.32 Å². The molecule has 4 aromatic rings. The summed E-state index contributed by atoms with van der Waals surface area (Å²) in [5, 5.41) is 14.9. The van der Waals surface area contributed by atoms with Crippen LogP contribution in [0.25, 0.3) is 10.9 Å². The first-order valence-electron chi connectivity index (χ1n) is 13.1. The lowest BCUT2D eigenvalue weighted by Gasteiger charge is -2.53. The summed E-state index contributed by atoms with van der Waals surface area (Å²) in [4.78, 5) is 57.8. The number of rotatable bonds is 4. The third-order valence-corrected chi connectivity index (χ3v) is 12.0. The number of nitro groups is 1. The monoisotopic (exact) mass is 599 g/mol. The van der Waals surface area contributed by atoms with Crippen LogP contribution in [0.5, 0.6) is 0 Å². The Morgan fingerprint density at radius 1 is 1.02 bits per heavy atom. The summed E-state index contributed by atoms with van der Waals surface area (Å²) < 4.78 is 6.46. The van der Waals surface area contributed by atoms with Crippen molar-refractivity contribution in [2.75, 3.05) is 12.4 Å². The Bertz CT molecular complexity index is 1860.